The van der Waals surface area contributed by atoms with E-state index in [1.807, 2.05) is 0 Å². The Hall–Kier alpha value is -2.78. The van der Waals surface area contributed by atoms with Gasteiger partial charge >= 0.3 is 18.2 Å². The fourth-order valence-electron chi connectivity index (χ4n) is 3.84. The van der Waals surface area contributed by atoms with Gasteiger partial charge in [0.25, 0.3) is 0 Å². The molecule has 2 amide bonds. The highest BCUT2D eigenvalue weighted by atomic mass is 19.4. The zero-order valence-corrected chi connectivity index (χ0v) is 17.7. The van der Waals surface area contributed by atoms with Gasteiger partial charge in [-0.1, -0.05) is 6.58 Å². The van der Waals surface area contributed by atoms with Gasteiger partial charge in [-0.05, 0) is 51.8 Å². The summed E-state index contributed by atoms with van der Waals surface area (Å²) in [6.07, 6.45) is -2.84. The topological polar surface area (TPSA) is 80.8 Å². The molecule has 1 aromatic heterocycles. The van der Waals surface area contributed by atoms with Crippen LogP contribution in [-0.4, -0.2) is 52.9 Å². The Morgan fingerprint density at radius 1 is 1.29 bits per heavy atom. The Balaban J connectivity index is 1.49. The predicted molar refractivity (Wildman–Crippen MR) is 106 cm³/mol. The van der Waals surface area contributed by atoms with Gasteiger partial charge in [-0.3, -0.25) is 4.79 Å². The minimum Gasteiger partial charge on any atom is -0.488 e. The first-order valence-electron chi connectivity index (χ1n) is 9.92. The lowest BCUT2D eigenvalue weighted by Crippen LogP contribution is -2.67. The number of nitrogens with zero attached hydrogens (tertiary/aromatic N) is 2. The molecule has 1 saturated heterocycles. The van der Waals surface area contributed by atoms with Gasteiger partial charge in [0.2, 0.25) is 0 Å². The third-order valence-electron chi connectivity index (χ3n) is 5.15. The molecule has 0 aromatic carbocycles. The van der Waals surface area contributed by atoms with E-state index in [2.05, 4.69) is 16.9 Å². The molecular weight excluding hydrogens is 415 g/mol. The molecule has 31 heavy (non-hydrogen) atoms. The van der Waals surface area contributed by atoms with Crippen molar-refractivity contribution in [1.82, 2.24) is 15.2 Å². The first kappa shape index (κ1) is 22.9. The van der Waals surface area contributed by atoms with Crippen LogP contribution < -0.4 is 10.1 Å². The average Bonchev–Trinajstić information content (AvgIpc) is 2.58. The van der Waals surface area contributed by atoms with Gasteiger partial charge in [-0.15, -0.1) is 0 Å². The molecule has 1 aromatic rings. The molecule has 170 valence electrons. The highest BCUT2D eigenvalue weighted by molar-refractivity contribution is 5.82. The Labute approximate surface area is 178 Å². The number of nitrogens with one attached hydrogen (secondary N) is 1. The molecule has 0 radical (unpaired) electrons. The van der Waals surface area contributed by atoms with Gasteiger partial charge in [0, 0.05) is 18.5 Å². The van der Waals surface area contributed by atoms with Crippen LogP contribution in [0.4, 0.5) is 18.0 Å². The molecule has 1 aliphatic carbocycles. The second kappa shape index (κ2) is 8.05. The number of amides is 2. The first-order chi connectivity index (χ1) is 14.3. The van der Waals surface area contributed by atoms with E-state index >= 15 is 0 Å². The second-order valence-electron chi connectivity index (χ2n) is 9.05. The Bertz CT molecular complexity index is 866. The van der Waals surface area contributed by atoms with E-state index in [9.17, 15) is 22.8 Å². The van der Waals surface area contributed by atoms with Crippen LogP contribution in [0.3, 0.4) is 0 Å². The van der Waals surface area contributed by atoms with Crippen LogP contribution in [0.5, 0.6) is 5.75 Å². The van der Waals surface area contributed by atoms with Gasteiger partial charge in [-0.2, -0.15) is 13.2 Å². The molecule has 2 fully saturated rings. The first-order valence-corrected chi connectivity index (χ1v) is 9.92. The van der Waals surface area contributed by atoms with Crippen LogP contribution in [0, 0.1) is 5.41 Å². The average molecular weight is 441 g/mol. The van der Waals surface area contributed by atoms with Crippen molar-refractivity contribution in [2.75, 3.05) is 13.1 Å². The van der Waals surface area contributed by atoms with Gasteiger partial charge in [0.1, 0.15) is 23.1 Å². The number of carbonyl (C=O) groups excluding carboxylic acids is 2. The number of ether oxygens (including phenoxy) is 2. The van der Waals surface area contributed by atoms with Crippen LogP contribution >= 0.6 is 0 Å². The quantitative estimate of drug-likeness (QED) is 0.754. The summed E-state index contributed by atoms with van der Waals surface area (Å²) in [4.78, 5) is 28.3. The third-order valence-corrected chi connectivity index (χ3v) is 5.15. The number of hydrogen-bond donors (Lipinski definition) is 1. The fourth-order valence-corrected chi connectivity index (χ4v) is 3.84. The van der Waals surface area contributed by atoms with Crippen LogP contribution in [-0.2, 0) is 16.1 Å². The number of carbonyl (C=O) groups is 2. The number of alkyl carbamates (subject to hydrolysis) is 1. The van der Waals surface area contributed by atoms with E-state index in [-0.39, 0.29) is 31.2 Å². The van der Waals surface area contributed by atoms with E-state index in [1.165, 1.54) is 6.08 Å². The lowest BCUT2D eigenvalue weighted by atomic mass is 9.61. The number of rotatable bonds is 5. The normalized spacial score (nSPS) is 18.1. The van der Waals surface area contributed by atoms with Gasteiger partial charge in [-0.25, -0.2) is 9.78 Å². The van der Waals surface area contributed by atoms with E-state index in [4.69, 9.17) is 9.47 Å². The summed E-state index contributed by atoms with van der Waals surface area (Å²) in [6, 6.07) is 3.43. The SMILES string of the molecule is C=Cc1nc(CNC(=O)OC(C)(C)C)ccc1OC1CC2(C1)CN(C(=O)C(F)(F)F)C2. The Morgan fingerprint density at radius 2 is 1.94 bits per heavy atom. The van der Waals surface area contributed by atoms with Gasteiger partial charge in [0.05, 0.1) is 12.2 Å². The molecule has 0 bridgehead atoms. The number of halogens is 3. The molecule has 3 rings (SSSR count). The maximum absolute atomic E-state index is 12.5. The lowest BCUT2D eigenvalue weighted by Gasteiger charge is -2.58. The van der Waals surface area contributed by atoms with Crippen LogP contribution in [0.15, 0.2) is 18.7 Å². The summed E-state index contributed by atoms with van der Waals surface area (Å²) in [5.74, 6) is -1.27. The summed E-state index contributed by atoms with van der Waals surface area (Å²) in [5, 5.41) is 2.63. The summed E-state index contributed by atoms with van der Waals surface area (Å²) in [7, 11) is 0. The van der Waals surface area contributed by atoms with Gasteiger partial charge < -0.3 is 19.7 Å². The van der Waals surface area contributed by atoms with Crippen molar-refractivity contribution in [1.29, 1.82) is 0 Å². The van der Waals surface area contributed by atoms with Crippen molar-refractivity contribution in [3.05, 3.63) is 30.1 Å². The molecular formula is C21H26F3N3O4. The van der Waals surface area contributed by atoms with Crippen molar-refractivity contribution < 1.29 is 32.2 Å². The summed E-state index contributed by atoms with van der Waals surface area (Å²) in [6.45, 7) is 9.42. The maximum atomic E-state index is 12.5. The number of aromatic nitrogens is 1. The van der Waals surface area contributed by atoms with Crippen LogP contribution in [0.1, 0.15) is 45.0 Å². The number of likely N-dealkylation sites (tertiary alicyclic amines) is 1. The van der Waals surface area contributed by atoms with Crippen molar-refractivity contribution in [2.24, 2.45) is 5.41 Å². The number of pyridine rings is 1. The minimum absolute atomic E-state index is 0.104. The molecule has 0 atom stereocenters. The molecule has 2 heterocycles. The minimum atomic E-state index is -4.83. The molecule has 2 aliphatic rings. The maximum Gasteiger partial charge on any atom is 0.471 e. The zero-order valence-electron chi connectivity index (χ0n) is 17.7. The molecule has 1 aliphatic heterocycles. The smallest absolute Gasteiger partial charge is 0.471 e. The summed E-state index contributed by atoms with van der Waals surface area (Å²) >= 11 is 0. The molecule has 10 heteroatoms. The molecule has 1 N–H and O–H groups in total. The third kappa shape index (κ3) is 5.48. The summed E-state index contributed by atoms with van der Waals surface area (Å²) < 4.78 is 48.6. The van der Waals surface area contributed by atoms with Crippen molar-refractivity contribution in [3.63, 3.8) is 0 Å². The second-order valence-corrected chi connectivity index (χ2v) is 9.05. The highest BCUT2D eigenvalue weighted by Crippen LogP contribution is 2.50. The van der Waals surface area contributed by atoms with E-state index in [1.54, 1.807) is 32.9 Å². The van der Waals surface area contributed by atoms with Crippen LogP contribution in [0.2, 0.25) is 0 Å². The molecule has 1 spiro atoms. The summed E-state index contributed by atoms with van der Waals surface area (Å²) in [5.41, 5.74) is 0.217. The van der Waals surface area contributed by atoms with Crippen molar-refractivity contribution >= 4 is 18.1 Å². The standard InChI is InChI=1S/C21H26F3N3O4/c1-5-15-16(7-6-13(26-15)10-25-18(29)31-19(2,3)4)30-14-8-20(9-14)11-27(12-20)17(28)21(22,23)24/h5-7,14H,1,8-12H2,2-4H3,(H,25,29). The lowest BCUT2D eigenvalue weighted by molar-refractivity contribution is -0.205. The van der Waals surface area contributed by atoms with E-state index < -0.39 is 23.8 Å². The van der Waals surface area contributed by atoms with Crippen molar-refractivity contribution in [2.45, 2.75) is 58.0 Å². The monoisotopic (exact) mass is 441 g/mol. The van der Waals surface area contributed by atoms with Gasteiger partial charge in [0.15, 0.2) is 0 Å². The highest BCUT2D eigenvalue weighted by Gasteiger charge is 2.58. The van der Waals surface area contributed by atoms with Crippen molar-refractivity contribution in [3.8, 4) is 5.75 Å². The Morgan fingerprint density at radius 3 is 2.48 bits per heavy atom. The zero-order chi connectivity index (χ0) is 23.0. The fraction of sp³-hybridized carbons (Fsp3) is 0.571. The van der Waals surface area contributed by atoms with Crippen LogP contribution in [0.25, 0.3) is 6.08 Å². The van der Waals surface area contributed by atoms with E-state index in [0.717, 1.165) is 4.90 Å². The molecule has 0 unspecified atom stereocenters. The molecule has 7 nitrogen and oxygen atoms in total. The Kier molecular flexibility index (Phi) is 5.94. The predicted octanol–water partition coefficient (Wildman–Crippen LogP) is 3.68. The largest absolute Gasteiger partial charge is 0.488 e. The molecule has 1 saturated carbocycles. The van der Waals surface area contributed by atoms with E-state index in [0.29, 0.717) is 30.0 Å². The number of hydrogen-bond acceptors (Lipinski definition) is 5. The number of alkyl halides is 3.